The Hall–Kier alpha value is -0.0661. The number of carbonyl (C=O) groups is 1. The number of hydrogen-bond acceptors (Lipinski definition) is 4. The molecule has 6 heteroatoms. The second kappa shape index (κ2) is 24.2. The predicted octanol–water partition coefficient (Wildman–Crippen LogP) is 3.31. The van der Waals surface area contributed by atoms with Crippen LogP contribution < -0.4 is 5.32 Å². The Kier molecular flexibility index (Phi) is 29.2. The van der Waals surface area contributed by atoms with Gasteiger partial charge in [0.1, 0.15) is 0 Å². The van der Waals surface area contributed by atoms with Gasteiger partial charge in [0.05, 0.1) is 13.2 Å². The smallest absolute Gasteiger partial charge is 0.243 e. The molecule has 5 nitrogen and oxygen atoms in total. The zero-order chi connectivity index (χ0) is 17.1. The molecule has 0 aliphatic rings. The molecule has 0 spiro atoms. The van der Waals surface area contributed by atoms with Crippen LogP contribution in [0.4, 0.5) is 0 Å². The van der Waals surface area contributed by atoms with Crippen LogP contribution in [-0.2, 0) is 42.4 Å². The fraction of sp³-hybridized carbons (Fsp3) is 0.706. The summed E-state index contributed by atoms with van der Waals surface area (Å²) in [6, 6.07) is 0. The van der Waals surface area contributed by atoms with Crippen molar-refractivity contribution in [2.24, 2.45) is 5.92 Å². The van der Waals surface area contributed by atoms with E-state index in [1.807, 2.05) is 0 Å². The van der Waals surface area contributed by atoms with Gasteiger partial charge in [0, 0.05) is 39.3 Å². The minimum Gasteiger partial charge on any atom is -0.395 e. The van der Waals surface area contributed by atoms with E-state index >= 15 is 0 Å². The van der Waals surface area contributed by atoms with E-state index in [0.717, 1.165) is 31.8 Å². The molecule has 0 heterocycles. The van der Waals surface area contributed by atoms with Crippen molar-refractivity contribution in [2.75, 3.05) is 19.8 Å². The topological polar surface area (TPSA) is 78.8 Å². The minimum atomic E-state index is -0.251. The third-order valence-electron chi connectivity index (χ3n) is 3.02. The Morgan fingerprint density at radius 2 is 2.00 bits per heavy atom. The first-order chi connectivity index (χ1) is 10.7. The second-order valence-corrected chi connectivity index (χ2v) is 4.98. The van der Waals surface area contributed by atoms with Crippen molar-refractivity contribution in [3.63, 3.8) is 0 Å². The van der Waals surface area contributed by atoms with Gasteiger partial charge in [0.25, 0.3) is 0 Å². The zero-order valence-corrected chi connectivity index (χ0v) is 17.5. The van der Waals surface area contributed by atoms with E-state index in [4.69, 9.17) is 10.4 Å². The largest absolute Gasteiger partial charge is 0.395 e. The first kappa shape index (κ1) is 27.8. The normalized spacial score (nSPS) is 11.1. The first-order valence-electron chi connectivity index (χ1n) is 8.08. The molecule has 1 atom stereocenters. The van der Waals surface area contributed by atoms with Gasteiger partial charge >= 0.3 is 0 Å². The Bertz CT molecular complexity index is 286. The number of aliphatic hydroxyl groups is 1. The van der Waals surface area contributed by atoms with Crippen LogP contribution in [0.5, 0.6) is 0 Å². The Balaban J connectivity index is -0.000000382. The number of carbonyl (C=O) groups excluding carboxylic acids is 1. The summed E-state index contributed by atoms with van der Waals surface area (Å²) in [4.78, 5) is 14.5. The fourth-order valence-electron chi connectivity index (χ4n) is 1.78. The number of nitrogens with one attached hydrogen (secondary N) is 1. The summed E-state index contributed by atoms with van der Waals surface area (Å²) >= 11 is 0. The van der Waals surface area contributed by atoms with Crippen LogP contribution in [0.2, 0.25) is 0 Å². The first-order valence-corrected chi connectivity index (χ1v) is 8.08. The van der Waals surface area contributed by atoms with Crippen molar-refractivity contribution < 1.29 is 52.8 Å². The zero-order valence-electron chi connectivity index (χ0n) is 14.7. The van der Waals surface area contributed by atoms with Gasteiger partial charge in [-0.2, -0.15) is 0 Å². The van der Waals surface area contributed by atoms with Crippen LogP contribution in [0.3, 0.4) is 0 Å². The molecule has 0 rings (SSSR count). The van der Waals surface area contributed by atoms with Gasteiger partial charge < -0.3 is 10.4 Å². The van der Waals surface area contributed by atoms with Gasteiger partial charge in [-0.05, 0) is 37.7 Å². The molecule has 0 saturated heterocycles. The van der Waals surface area contributed by atoms with Crippen molar-refractivity contribution in [3.8, 4) is 0 Å². The third kappa shape index (κ3) is 24.3. The summed E-state index contributed by atoms with van der Waals surface area (Å²) in [6.45, 7) is 8.30. The molecule has 0 aromatic heterocycles. The number of allylic oxidation sites excluding steroid dienone is 2. The number of rotatable bonds is 12. The number of aliphatic hydroxyl groups excluding tert-OH is 1. The van der Waals surface area contributed by atoms with Gasteiger partial charge in [0.2, 0.25) is 5.91 Å². The molecule has 1 unspecified atom stereocenters. The van der Waals surface area contributed by atoms with E-state index < -0.39 is 0 Å². The summed E-state index contributed by atoms with van der Waals surface area (Å²) < 4.78 is 0. The molecule has 0 aliphatic carbocycles. The van der Waals surface area contributed by atoms with E-state index in [1.54, 1.807) is 0 Å². The molecular weight excluding hydrogens is 371 g/mol. The standard InChI is InChI=1S/C12H24O2.C5H9NO2.Y/c1-3-5-7-8-10-12(11-14-13)9-6-4-2;1-2-5(8)6-3-4-7;/h5,7,12-13H,3-4,6,8-11H2,1-2H3;2,7H,1,3-4H2,(H,6,8);/b7-5-;;. The molecule has 133 valence electrons. The molecule has 3 N–H and O–H groups in total. The van der Waals surface area contributed by atoms with Crippen molar-refractivity contribution in [1.82, 2.24) is 5.32 Å². The molecule has 0 saturated carbocycles. The van der Waals surface area contributed by atoms with Gasteiger partial charge in [0.15, 0.2) is 0 Å². The summed E-state index contributed by atoms with van der Waals surface area (Å²) in [5, 5.41) is 19.0. The van der Waals surface area contributed by atoms with Gasteiger partial charge in [-0.15, -0.1) is 0 Å². The van der Waals surface area contributed by atoms with E-state index in [2.05, 4.69) is 42.8 Å². The molecule has 0 bridgehead atoms. The van der Waals surface area contributed by atoms with Crippen molar-refractivity contribution in [1.29, 1.82) is 0 Å². The Morgan fingerprint density at radius 1 is 1.30 bits per heavy atom. The van der Waals surface area contributed by atoms with Crippen LogP contribution in [0.25, 0.3) is 0 Å². The fourth-order valence-corrected chi connectivity index (χ4v) is 1.78. The summed E-state index contributed by atoms with van der Waals surface area (Å²) in [6.07, 6.45) is 12.5. The molecule has 0 aromatic rings. The van der Waals surface area contributed by atoms with Gasteiger partial charge in [-0.1, -0.05) is 45.4 Å². The molecule has 0 fully saturated rings. The number of unbranched alkanes of at least 4 members (excludes halogenated alkanes) is 1. The average Bonchev–Trinajstić information content (AvgIpc) is 2.54. The maximum atomic E-state index is 10.2. The minimum absolute atomic E-state index is 0. The van der Waals surface area contributed by atoms with Crippen LogP contribution in [0.1, 0.15) is 52.4 Å². The van der Waals surface area contributed by atoms with E-state index in [-0.39, 0.29) is 45.2 Å². The van der Waals surface area contributed by atoms with Gasteiger partial charge in [-0.3, -0.25) is 10.1 Å². The van der Waals surface area contributed by atoms with Crippen LogP contribution in [0, 0.1) is 5.92 Å². The average molecular weight is 404 g/mol. The summed E-state index contributed by atoms with van der Waals surface area (Å²) in [5.41, 5.74) is 0. The van der Waals surface area contributed by atoms with E-state index in [9.17, 15) is 4.79 Å². The quantitative estimate of drug-likeness (QED) is 0.202. The molecule has 23 heavy (non-hydrogen) atoms. The van der Waals surface area contributed by atoms with Crippen molar-refractivity contribution >= 4 is 5.91 Å². The SMILES string of the molecule is C=CC(=O)NCCO.CC/C=C\CCC(CCCC)COO.[Y]. The Labute approximate surface area is 166 Å². The molecule has 1 radical (unpaired) electrons. The van der Waals surface area contributed by atoms with Crippen molar-refractivity contribution in [2.45, 2.75) is 52.4 Å². The summed E-state index contributed by atoms with van der Waals surface area (Å²) in [5.74, 6) is 0.264. The predicted molar refractivity (Wildman–Crippen MR) is 90.6 cm³/mol. The molecule has 0 aliphatic heterocycles. The van der Waals surface area contributed by atoms with Crippen LogP contribution in [-0.4, -0.2) is 36.0 Å². The number of hydrogen-bond donors (Lipinski definition) is 3. The Morgan fingerprint density at radius 3 is 2.48 bits per heavy atom. The van der Waals surface area contributed by atoms with Crippen molar-refractivity contribution in [3.05, 3.63) is 24.8 Å². The van der Waals surface area contributed by atoms with Crippen LogP contribution >= 0.6 is 0 Å². The molecule has 1 amide bonds. The summed E-state index contributed by atoms with van der Waals surface area (Å²) in [7, 11) is 0. The number of amides is 1. The maximum absolute atomic E-state index is 10.2. The molecular formula is C17H33NO4Y. The van der Waals surface area contributed by atoms with E-state index in [1.165, 1.54) is 12.8 Å². The maximum Gasteiger partial charge on any atom is 0.243 e. The van der Waals surface area contributed by atoms with Gasteiger partial charge in [-0.25, -0.2) is 4.89 Å². The monoisotopic (exact) mass is 404 g/mol. The third-order valence-corrected chi connectivity index (χ3v) is 3.02. The van der Waals surface area contributed by atoms with Crippen LogP contribution in [0.15, 0.2) is 24.8 Å². The van der Waals surface area contributed by atoms with E-state index in [0.29, 0.717) is 19.1 Å². The second-order valence-electron chi connectivity index (χ2n) is 4.98. The molecule has 0 aromatic carbocycles.